The average Bonchev–Trinajstić information content (AvgIpc) is 3.12. The first-order valence-electron chi connectivity index (χ1n) is 10.8. The van der Waals surface area contributed by atoms with Gasteiger partial charge in [-0.15, -0.1) is 0 Å². The second kappa shape index (κ2) is 8.34. The number of morpholine rings is 1. The van der Waals surface area contributed by atoms with E-state index >= 15 is 0 Å². The van der Waals surface area contributed by atoms with Crippen molar-refractivity contribution in [2.75, 3.05) is 46.5 Å². The van der Waals surface area contributed by atoms with E-state index in [-0.39, 0.29) is 17.2 Å². The molecule has 0 aromatic heterocycles. The minimum Gasteiger partial charge on any atom is -0.497 e. The molecule has 1 aromatic rings. The van der Waals surface area contributed by atoms with Gasteiger partial charge in [-0.25, -0.2) is 0 Å². The molecule has 1 unspecified atom stereocenters. The maximum atomic E-state index is 13.2. The molecule has 2 saturated heterocycles. The molecule has 1 saturated carbocycles. The summed E-state index contributed by atoms with van der Waals surface area (Å²) in [5, 5.41) is 0. The number of likely N-dealkylation sites (tertiary alicyclic amines) is 1. The van der Waals surface area contributed by atoms with Crippen LogP contribution in [0, 0.1) is 18.3 Å². The van der Waals surface area contributed by atoms with Crippen molar-refractivity contribution in [2.24, 2.45) is 11.3 Å². The van der Waals surface area contributed by atoms with Crippen molar-refractivity contribution in [1.29, 1.82) is 0 Å². The van der Waals surface area contributed by atoms with Gasteiger partial charge in [0, 0.05) is 38.2 Å². The van der Waals surface area contributed by atoms with Gasteiger partial charge in [0.25, 0.3) is 5.91 Å². The number of hydrogen-bond acceptors (Lipinski definition) is 4. The first kappa shape index (κ1) is 20.2. The predicted molar refractivity (Wildman–Crippen MR) is 110 cm³/mol. The predicted octanol–water partition coefficient (Wildman–Crippen LogP) is 2.88. The third kappa shape index (κ3) is 4.00. The smallest absolute Gasteiger partial charge is 0.254 e. The van der Waals surface area contributed by atoms with Crippen molar-refractivity contribution < 1.29 is 19.1 Å². The van der Waals surface area contributed by atoms with Gasteiger partial charge in [-0.2, -0.15) is 0 Å². The summed E-state index contributed by atoms with van der Waals surface area (Å²) in [6.07, 6.45) is 5.04. The summed E-state index contributed by atoms with van der Waals surface area (Å²) in [6.45, 7) is 6.25. The number of benzene rings is 1. The van der Waals surface area contributed by atoms with Gasteiger partial charge in [-0.3, -0.25) is 9.59 Å². The number of ether oxygens (including phenoxy) is 2. The highest BCUT2D eigenvalue weighted by atomic mass is 16.5. The monoisotopic (exact) mass is 400 g/mol. The van der Waals surface area contributed by atoms with Crippen LogP contribution in [-0.2, 0) is 9.53 Å². The molecule has 0 N–H and O–H groups in total. The van der Waals surface area contributed by atoms with Crippen molar-refractivity contribution in [3.63, 3.8) is 0 Å². The molecule has 6 heteroatoms. The number of methoxy groups -OCH3 is 1. The van der Waals surface area contributed by atoms with Gasteiger partial charge in [0.2, 0.25) is 5.91 Å². The van der Waals surface area contributed by atoms with E-state index in [0.717, 1.165) is 36.4 Å². The van der Waals surface area contributed by atoms with Crippen LogP contribution in [0.1, 0.15) is 48.0 Å². The van der Waals surface area contributed by atoms with Crippen LogP contribution in [0.5, 0.6) is 5.75 Å². The van der Waals surface area contributed by atoms with Gasteiger partial charge in [-0.1, -0.05) is 6.42 Å². The quantitative estimate of drug-likeness (QED) is 0.763. The molecule has 2 heterocycles. The molecule has 1 atom stereocenters. The number of amides is 2. The molecule has 0 bridgehead atoms. The zero-order chi connectivity index (χ0) is 20.4. The Hall–Kier alpha value is -2.08. The number of hydrogen-bond donors (Lipinski definition) is 0. The van der Waals surface area contributed by atoms with E-state index in [4.69, 9.17) is 9.47 Å². The SMILES string of the molecule is COc1ccc(C(=O)N2CC(CCC(=O)N3CCOCC3)C3(CCC3)C2)c(C)c1. The van der Waals surface area contributed by atoms with Crippen LogP contribution in [-0.4, -0.2) is 68.1 Å². The highest BCUT2D eigenvalue weighted by molar-refractivity contribution is 5.96. The molecule has 1 aliphatic carbocycles. The van der Waals surface area contributed by atoms with E-state index < -0.39 is 0 Å². The molecule has 3 aliphatic rings. The lowest BCUT2D eigenvalue weighted by molar-refractivity contribution is -0.135. The van der Waals surface area contributed by atoms with Gasteiger partial charge in [-0.05, 0) is 61.3 Å². The molecular formula is C23H32N2O4. The maximum Gasteiger partial charge on any atom is 0.254 e. The molecule has 158 valence electrons. The van der Waals surface area contributed by atoms with Crippen molar-refractivity contribution in [3.8, 4) is 5.75 Å². The zero-order valence-corrected chi connectivity index (χ0v) is 17.6. The summed E-state index contributed by atoms with van der Waals surface area (Å²) >= 11 is 0. The van der Waals surface area contributed by atoms with Crippen LogP contribution in [0.3, 0.4) is 0 Å². The van der Waals surface area contributed by atoms with Crippen LogP contribution < -0.4 is 4.74 Å². The fourth-order valence-electron chi connectivity index (χ4n) is 5.22. The molecular weight excluding hydrogens is 368 g/mol. The number of aryl methyl sites for hydroxylation is 1. The lowest BCUT2D eigenvalue weighted by Crippen LogP contribution is -2.42. The normalized spacial score (nSPS) is 23.2. The van der Waals surface area contributed by atoms with Crippen molar-refractivity contribution in [1.82, 2.24) is 9.80 Å². The lowest BCUT2D eigenvalue weighted by Gasteiger charge is -2.43. The fraction of sp³-hybridized carbons (Fsp3) is 0.652. The first-order valence-corrected chi connectivity index (χ1v) is 10.8. The number of carbonyl (C=O) groups excluding carboxylic acids is 2. The molecule has 4 rings (SSSR count). The van der Waals surface area contributed by atoms with E-state index in [0.29, 0.717) is 38.6 Å². The van der Waals surface area contributed by atoms with Gasteiger partial charge >= 0.3 is 0 Å². The number of rotatable bonds is 5. The molecule has 3 fully saturated rings. The Morgan fingerprint density at radius 2 is 1.97 bits per heavy atom. The third-order valence-corrected chi connectivity index (χ3v) is 7.18. The van der Waals surface area contributed by atoms with Crippen molar-refractivity contribution in [2.45, 2.75) is 39.0 Å². The zero-order valence-electron chi connectivity index (χ0n) is 17.6. The molecule has 1 aromatic carbocycles. The van der Waals surface area contributed by atoms with Crippen LogP contribution in [0.25, 0.3) is 0 Å². The van der Waals surface area contributed by atoms with E-state index in [1.54, 1.807) is 7.11 Å². The van der Waals surface area contributed by atoms with Crippen LogP contribution >= 0.6 is 0 Å². The van der Waals surface area contributed by atoms with Gasteiger partial charge in [0.15, 0.2) is 0 Å². The molecule has 29 heavy (non-hydrogen) atoms. The lowest BCUT2D eigenvalue weighted by atomic mass is 9.62. The van der Waals surface area contributed by atoms with E-state index in [9.17, 15) is 9.59 Å². The van der Waals surface area contributed by atoms with Crippen LogP contribution in [0.2, 0.25) is 0 Å². The summed E-state index contributed by atoms with van der Waals surface area (Å²) in [6, 6.07) is 5.65. The topological polar surface area (TPSA) is 59.1 Å². The van der Waals surface area contributed by atoms with Crippen molar-refractivity contribution >= 4 is 11.8 Å². The molecule has 2 aliphatic heterocycles. The standard InChI is InChI=1S/C23H32N2O4/c1-17-14-19(28-2)5-6-20(17)22(27)25-15-18(23(16-25)8-3-9-23)4-7-21(26)24-10-12-29-13-11-24/h5-6,14,18H,3-4,7-13,15-16H2,1-2H3. The summed E-state index contributed by atoms with van der Waals surface area (Å²) in [5.74, 6) is 1.54. The Morgan fingerprint density at radius 3 is 2.59 bits per heavy atom. The molecule has 6 nitrogen and oxygen atoms in total. The third-order valence-electron chi connectivity index (χ3n) is 7.18. The maximum absolute atomic E-state index is 13.2. The van der Waals surface area contributed by atoms with Crippen LogP contribution in [0.4, 0.5) is 0 Å². The van der Waals surface area contributed by atoms with Crippen LogP contribution in [0.15, 0.2) is 18.2 Å². The average molecular weight is 401 g/mol. The second-order valence-electron chi connectivity index (χ2n) is 8.81. The summed E-state index contributed by atoms with van der Waals surface area (Å²) in [4.78, 5) is 29.8. The largest absolute Gasteiger partial charge is 0.497 e. The first-order chi connectivity index (χ1) is 14.0. The Bertz CT molecular complexity index is 768. The minimum atomic E-state index is 0.110. The van der Waals surface area contributed by atoms with E-state index in [2.05, 4.69) is 0 Å². The number of nitrogens with zero attached hydrogens (tertiary/aromatic N) is 2. The fourth-order valence-corrected chi connectivity index (χ4v) is 5.22. The Morgan fingerprint density at radius 1 is 1.21 bits per heavy atom. The summed E-state index contributed by atoms with van der Waals surface area (Å²) in [7, 11) is 1.64. The van der Waals surface area contributed by atoms with Gasteiger partial charge in [0.05, 0.1) is 20.3 Å². The Balaban J connectivity index is 1.41. The highest BCUT2D eigenvalue weighted by Gasteiger charge is 2.51. The minimum absolute atomic E-state index is 0.110. The molecule has 1 spiro atoms. The highest BCUT2D eigenvalue weighted by Crippen LogP contribution is 2.53. The van der Waals surface area contributed by atoms with Gasteiger partial charge < -0.3 is 19.3 Å². The van der Waals surface area contributed by atoms with Crippen molar-refractivity contribution in [3.05, 3.63) is 29.3 Å². The second-order valence-corrected chi connectivity index (χ2v) is 8.81. The van der Waals surface area contributed by atoms with E-state index in [1.165, 1.54) is 19.3 Å². The Labute approximate surface area is 173 Å². The molecule has 2 amide bonds. The Kier molecular flexibility index (Phi) is 5.81. The summed E-state index contributed by atoms with van der Waals surface area (Å²) in [5.41, 5.74) is 1.93. The summed E-state index contributed by atoms with van der Waals surface area (Å²) < 4.78 is 10.6. The van der Waals surface area contributed by atoms with Gasteiger partial charge in [0.1, 0.15) is 5.75 Å². The number of carbonyl (C=O) groups is 2. The van der Waals surface area contributed by atoms with E-state index in [1.807, 2.05) is 34.9 Å². The molecule has 0 radical (unpaired) electrons.